The van der Waals surface area contributed by atoms with Gasteiger partial charge in [-0.2, -0.15) is 5.10 Å². The molecule has 1 N–H and O–H groups in total. The van der Waals surface area contributed by atoms with Crippen LogP contribution in [0.1, 0.15) is 43.5 Å². The average molecular weight is 297 g/mol. The number of aryl methyl sites for hydroxylation is 2. The Hall–Kier alpha value is -0.580. The molecule has 112 valence electrons. The van der Waals surface area contributed by atoms with Crippen LogP contribution >= 0.6 is 11.6 Å². The lowest BCUT2D eigenvalue weighted by Crippen LogP contribution is -2.54. The normalized spacial score (nSPS) is 30.7. The van der Waals surface area contributed by atoms with Gasteiger partial charge in [-0.1, -0.05) is 18.0 Å². The van der Waals surface area contributed by atoms with Crippen molar-refractivity contribution in [1.29, 1.82) is 0 Å². The van der Waals surface area contributed by atoms with Gasteiger partial charge < -0.3 is 10.2 Å². The van der Waals surface area contributed by atoms with E-state index in [2.05, 4.69) is 22.4 Å². The van der Waals surface area contributed by atoms with Crippen molar-refractivity contribution in [2.24, 2.45) is 7.05 Å². The molecule has 3 heterocycles. The van der Waals surface area contributed by atoms with Gasteiger partial charge in [-0.25, -0.2) is 0 Å². The van der Waals surface area contributed by atoms with Crippen LogP contribution in [0.3, 0.4) is 0 Å². The fourth-order valence-electron chi connectivity index (χ4n) is 3.90. The Balaban J connectivity index is 1.62. The quantitative estimate of drug-likeness (QED) is 0.930. The summed E-state index contributed by atoms with van der Waals surface area (Å²) in [5.41, 5.74) is 2.03. The zero-order valence-electron chi connectivity index (χ0n) is 12.7. The van der Waals surface area contributed by atoms with E-state index < -0.39 is 0 Å². The zero-order valence-corrected chi connectivity index (χ0v) is 13.5. The summed E-state index contributed by atoms with van der Waals surface area (Å²) in [6, 6.07) is 2.15. The van der Waals surface area contributed by atoms with E-state index in [0.717, 1.165) is 35.0 Å². The standard InChI is InChI=1S/C15H25ClN4/c1-10-15(16)14(20(3)18-10)9-17-11-7-12-5-4-6-13(8-11)19(12)2/h11-13,17H,4-9H2,1-3H3. The molecule has 2 fully saturated rings. The van der Waals surface area contributed by atoms with E-state index in [9.17, 15) is 0 Å². The third kappa shape index (κ3) is 2.61. The van der Waals surface area contributed by atoms with Gasteiger partial charge in [0.15, 0.2) is 0 Å². The van der Waals surface area contributed by atoms with Crippen LogP contribution in [-0.4, -0.2) is 39.9 Å². The van der Waals surface area contributed by atoms with E-state index in [-0.39, 0.29) is 0 Å². The Morgan fingerprint density at radius 1 is 1.25 bits per heavy atom. The minimum Gasteiger partial charge on any atom is -0.308 e. The first-order valence-electron chi connectivity index (χ1n) is 7.69. The van der Waals surface area contributed by atoms with Crippen LogP contribution in [0.4, 0.5) is 0 Å². The van der Waals surface area contributed by atoms with Crippen molar-refractivity contribution in [3.05, 3.63) is 16.4 Å². The minimum atomic E-state index is 0.618. The second-order valence-electron chi connectivity index (χ2n) is 6.42. The lowest BCUT2D eigenvalue weighted by molar-refractivity contribution is 0.0481. The number of rotatable bonds is 3. The minimum absolute atomic E-state index is 0.618. The zero-order chi connectivity index (χ0) is 14.3. The third-order valence-electron chi connectivity index (χ3n) is 5.16. The number of fused-ring (bicyclic) bond motifs is 2. The van der Waals surface area contributed by atoms with Gasteiger partial charge in [0.1, 0.15) is 0 Å². The van der Waals surface area contributed by atoms with Crippen molar-refractivity contribution in [3.63, 3.8) is 0 Å². The molecule has 0 amide bonds. The van der Waals surface area contributed by atoms with E-state index in [0.29, 0.717) is 6.04 Å². The third-order valence-corrected chi connectivity index (χ3v) is 5.65. The summed E-state index contributed by atoms with van der Waals surface area (Å²) in [5.74, 6) is 0. The monoisotopic (exact) mass is 296 g/mol. The van der Waals surface area contributed by atoms with Crippen LogP contribution in [0.5, 0.6) is 0 Å². The molecule has 20 heavy (non-hydrogen) atoms. The Labute approximate surface area is 126 Å². The van der Waals surface area contributed by atoms with Crippen molar-refractivity contribution < 1.29 is 0 Å². The Morgan fingerprint density at radius 3 is 2.45 bits per heavy atom. The van der Waals surface area contributed by atoms with E-state index in [1.54, 1.807) is 0 Å². The van der Waals surface area contributed by atoms with Crippen LogP contribution in [0.15, 0.2) is 0 Å². The molecule has 2 atom stereocenters. The van der Waals surface area contributed by atoms with Gasteiger partial charge in [-0.15, -0.1) is 0 Å². The molecule has 2 aliphatic heterocycles. The number of nitrogens with zero attached hydrogens (tertiary/aromatic N) is 3. The molecule has 0 aliphatic carbocycles. The Bertz CT molecular complexity index is 470. The van der Waals surface area contributed by atoms with Crippen molar-refractivity contribution in [2.75, 3.05) is 7.05 Å². The second-order valence-corrected chi connectivity index (χ2v) is 6.80. The molecule has 0 radical (unpaired) electrons. The van der Waals surface area contributed by atoms with Gasteiger partial charge in [0.05, 0.1) is 16.4 Å². The molecular formula is C15H25ClN4. The first-order valence-corrected chi connectivity index (χ1v) is 8.07. The summed E-state index contributed by atoms with van der Waals surface area (Å²) in [7, 11) is 4.27. The number of halogens is 1. The average Bonchev–Trinajstić information content (AvgIpc) is 2.62. The van der Waals surface area contributed by atoms with Gasteiger partial charge >= 0.3 is 0 Å². The first-order chi connectivity index (χ1) is 9.56. The topological polar surface area (TPSA) is 33.1 Å². The van der Waals surface area contributed by atoms with Gasteiger partial charge in [0.2, 0.25) is 0 Å². The SMILES string of the molecule is Cc1nn(C)c(CNC2CC3CCCC(C2)N3C)c1Cl. The molecule has 2 aliphatic rings. The van der Waals surface area contributed by atoms with Crippen LogP contribution in [-0.2, 0) is 13.6 Å². The van der Waals surface area contributed by atoms with Crippen molar-refractivity contribution in [1.82, 2.24) is 20.0 Å². The maximum atomic E-state index is 6.32. The molecule has 4 nitrogen and oxygen atoms in total. The first kappa shape index (κ1) is 14.4. The van der Waals surface area contributed by atoms with E-state index in [1.165, 1.54) is 32.1 Å². The van der Waals surface area contributed by atoms with Gasteiger partial charge in [-0.05, 0) is 39.7 Å². The number of hydrogen-bond donors (Lipinski definition) is 1. The summed E-state index contributed by atoms with van der Waals surface area (Å²) < 4.78 is 1.90. The molecule has 3 rings (SSSR count). The number of nitrogens with one attached hydrogen (secondary N) is 1. The van der Waals surface area contributed by atoms with Crippen molar-refractivity contribution in [3.8, 4) is 0 Å². The maximum absolute atomic E-state index is 6.32. The molecule has 1 aromatic heterocycles. The molecule has 2 bridgehead atoms. The lowest BCUT2D eigenvalue weighted by atomic mass is 9.82. The predicted molar refractivity (Wildman–Crippen MR) is 82.0 cm³/mol. The van der Waals surface area contributed by atoms with E-state index >= 15 is 0 Å². The predicted octanol–water partition coefficient (Wildman–Crippen LogP) is 2.49. The van der Waals surface area contributed by atoms with Gasteiger partial charge in [0, 0.05) is 31.7 Å². The lowest BCUT2D eigenvalue weighted by Gasteiger charge is -2.47. The van der Waals surface area contributed by atoms with Gasteiger partial charge in [-0.3, -0.25) is 4.68 Å². The van der Waals surface area contributed by atoms with Crippen LogP contribution in [0.25, 0.3) is 0 Å². The molecule has 0 spiro atoms. The highest BCUT2D eigenvalue weighted by Gasteiger charge is 2.35. The molecule has 0 saturated carbocycles. The fraction of sp³-hybridized carbons (Fsp3) is 0.800. The summed E-state index contributed by atoms with van der Waals surface area (Å²) >= 11 is 6.32. The van der Waals surface area contributed by atoms with Crippen LogP contribution < -0.4 is 5.32 Å². The summed E-state index contributed by atoms with van der Waals surface area (Å²) in [6.07, 6.45) is 6.65. The fourth-order valence-corrected chi connectivity index (χ4v) is 4.12. The second kappa shape index (κ2) is 5.66. The van der Waals surface area contributed by atoms with Gasteiger partial charge in [0.25, 0.3) is 0 Å². The maximum Gasteiger partial charge on any atom is 0.0860 e. The molecule has 1 aromatic rings. The highest BCUT2D eigenvalue weighted by atomic mass is 35.5. The smallest absolute Gasteiger partial charge is 0.0860 e. The number of piperidine rings is 2. The molecule has 2 saturated heterocycles. The van der Waals surface area contributed by atoms with Crippen molar-refractivity contribution >= 4 is 11.6 Å². The molecule has 0 aromatic carbocycles. The molecular weight excluding hydrogens is 272 g/mol. The van der Waals surface area contributed by atoms with E-state index in [4.69, 9.17) is 11.6 Å². The summed E-state index contributed by atoms with van der Waals surface area (Å²) in [4.78, 5) is 2.60. The highest BCUT2D eigenvalue weighted by molar-refractivity contribution is 6.31. The van der Waals surface area contributed by atoms with Crippen LogP contribution in [0.2, 0.25) is 5.02 Å². The van der Waals surface area contributed by atoms with Crippen molar-refractivity contribution in [2.45, 2.75) is 63.7 Å². The summed E-state index contributed by atoms with van der Waals surface area (Å²) in [6.45, 7) is 2.79. The highest BCUT2D eigenvalue weighted by Crippen LogP contribution is 2.32. The van der Waals surface area contributed by atoms with Crippen LogP contribution in [0, 0.1) is 6.92 Å². The Kier molecular flexibility index (Phi) is 4.07. The Morgan fingerprint density at radius 2 is 1.90 bits per heavy atom. The summed E-state index contributed by atoms with van der Waals surface area (Å²) in [5, 5.41) is 8.90. The number of hydrogen-bond acceptors (Lipinski definition) is 3. The number of aromatic nitrogens is 2. The largest absolute Gasteiger partial charge is 0.308 e. The molecule has 5 heteroatoms. The van der Waals surface area contributed by atoms with E-state index in [1.807, 2.05) is 18.7 Å². The molecule has 2 unspecified atom stereocenters.